The summed E-state index contributed by atoms with van der Waals surface area (Å²) in [7, 11) is 0. The van der Waals surface area contributed by atoms with E-state index in [2.05, 4.69) is 4.98 Å². The highest BCUT2D eigenvalue weighted by Crippen LogP contribution is 2.35. The first kappa shape index (κ1) is 10.3. The van der Waals surface area contributed by atoms with Gasteiger partial charge in [-0.25, -0.2) is 9.37 Å². The van der Waals surface area contributed by atoms with Crippen molar-refractivity contribution in [1.82, 2.24) is 4.98 Å². The fourth-order valence-corrected chi connectivity index (χ4v) is 2.51. The predicted molar refractivity (Wildman–Crippen MR) is 66.4 cm³/mol. The molecule has 0 spiro atoms. The van der Waals surface area contributed by atoms with Gasteiger partial charge in [0, 0.05) is 6.07 Å². The van der Waals surface area contributed by atoms with Crippen LogP contribution < -0.4 is 5.73 Å². The summed E-state index contributed by atoms with van der Waals surface area (Å²) in [6.45, 7) is 1.93. The van der Waals surface area contributed by atoms with Gasteiger partial charge in [0.25, 0.3) is 0 Å². The van der Waals surface area contributed by atoms with Crippen LogP contribution in [0.2, 0.25) is 0 Å². The van der Waals surface area contributed by atoms with Crippen LogP contribution >= 0.6 is 11.3 Å². The van der Waals surface area contributed by atoms with E-state index < -0.39 is 0 Å². The number of thiophene rings is 1. The largest absolute Gasteiger partial charge is 0.435 e. The Hall–Kier alpha value is -1.88. The Bertz CT molecular complexity index is 702. The van der Waals surface area contributed by atoms with E-state index in [1.165, 1.54) is 23.5 Å². The number of nitrogens with two attached hydrogens (primary N) is 1. The first-order valence-corrected chi connectivity index (χ1v) is 5.93. The summed E-state index contributed by atoms with van der Waals surface area (Å²) in [5.74, 6) is 0.108. The quantitative estimate of drug-likeness (QED) is 0.716. The van der Waals surface area contributed by atoms with Crippen molar-refractivity contribution in [1.29, 1.82) is 0 Å². The Kier molecular flexibility index (Phi) is 2.16. The standard InChI is InChI=1S/C12H9FN2OS/c1-6-5-17-11(10(6)14)12-15-8-3-2-7(13)4-9(8)16-12/h2-5H,14H2,1H3. The summed E-state index contributed by atoms with van der Waals surface area (Å²) in [5.41, 5.74) is 8.66. The van der Waals surface area contributed by atoms with Crippen LogP contribution in [0.25, 0.3) is 21.9 Å². The van der Waals surface area contributed by atoms with E-state index >= 15 is 0 Å². The van der Waals surface area contributed by atoms with E-state index in [-0.39, 0.29) is 5.82 Å². The number of nitrogen functional groups attached to an aromatic ring is 1. The van der Waals surface area contributed by atoms with Crippen molar-refractivity contribution < 1.29 is 8.81 Å². The zero-order valence-corrected chi connectivity index (χ0v) is 9.84. The molecule has 0 radical (unpaired) electrons. The molecule has 0 aliphatic carbocycles. The summed E-state index contributed by atoms with van der Waals surface area (Å²) in [4.78, 5) is 5.09. The molecule has 0 atom stereocenters. The third kappa shape index (κ3) is 1.59. The molecule has 0 fully saturated rings. The molecule has 0 saturated heterocycles. The fraction of sp³-hybridized carbons (Fsp3) is 0.0833. The smallest absolute Gasteiger partial charge is 0.239 e. The van der Waals surface area contributed by atoms with Crippen molar-refractivity contribution in [2.45, 2.75) is 6.92 Å². The Labute approximate surface area is 101 Å². The number of oxazole rings is 1. The van der Waals surface area contributed by atoms with E-state index in [4.69, 9.17) is 10.2 Å². The lowest BCUT2D eigenvalue weighted by Gasteiger charge is -1.92. The van der Waals surface area contributed by atoms with Crippen LogP contribution in [0.15, 0.2) is 28.0 Å². The molecule has 2 aromatic heterocycles. The second-order valence-corrected chi connectivity index (χ2v) is 4.67. The van der Waals surface area contributed by atoms with Gasteiger partial charge in [0.2, 0.25) is 5.89 Å². The molecule has 0 bridgehead atoms. The lowest BCUT2D eigenvalue weighted by atomic mass is 10.3. The molecule has 2 heterocycles. The highest BCUT2D eigenvalue weighted by atomic mass is 32.1. The molecule has 0 amide bonds. The van der Waals surface area contributed by atoms with E-state index in [9.17, 15) is 4.39 Å². The minimum absolute atomic E-state index is 0.337. The third-order valence-corrected chi connectivity index (χ3v) is 3.67. The van der Waals surface area contributed by atoms with Gasteiger partial charge in [-0.1, -0.05) is 0 Å². The van der Waals surface area contributed by atoms with Gasteiger partial charge in [-0.2, -0.15) is 0 Å². The first-order valence-electron chi connectivity index (χ1n) is 5.05. The Morgan fingerprint density at radius 2 is 2.24 bits per heavy atom. The van der Waals surface area contributed by atoms with E-state index in [0.29, 0.717) is 22.7 Å². The monoisotopic (exact) mass is 248 g/mol. The van der Waals surface area contributed by atoms with Crippen molar-refractivity contribution >= 4 is 28.1 Å². The van der Waals surface area contributed by atoms with Crippen LogP contribution in [-0.2, 0) is 0 Å². The van der Waals surface area contributed by atoms with Crippen LogP contribution in [0.3, 0.4) is 0 Å². The molecule has 3 aromatic rings. The molecule has 17 heavy (non-hydrogen) atoms. The Morgan fingerprint density at radius 3 is 2.94 bits per heavy atom. The molecule has 2 N–H and O–H groups in total. The lowest BCUT2D eigenvalue weighted by molar-refractivity contribution is 0.603. The minimum Gasteiger partial charge on any atom is -0.435 e. The first-order chi connectivity index (χ1) is 8.15. The summed E-state index contributed by atoms with van der Waals surface area (Å²) in [6, 6.07) is 4.27. The maximum Gasteiger partial charge on any atom is 0.239 e. The molecule has 3 nitrogen and oxygen atoms in total. The SMILES string of the molecule is Cc1csc(-c2nc3ccc(F)cc3o2)c1N. The normalized spacial score (nSPS) is 11.2. The van der Waals surface area contributed by atoms with Gasteiger partial charge < -0.3 is 10.2 Å². The van der Waals surface area contributed by atoms with Crippen LogP contribution in [0.4, 0.5) is 10.1 Å². The molecule has 0 aliphatic rings. The van der Waals surface area contributed by atoms with Gasteiger partial charge in [0.1, 0.15) is 16.2 Å². The number of halogens is 1. The van der Waals surface area contributed by atoms with Crippen molar-refractivity contribution in [3.05, 3.63) is 35.0 Å². The van der Waals surface area contributed by atoms with Crippen LogP contribution in [0.5, 0.6) is 0 Å². The minimum atomic E-state index is -0.337. The highest BCUT2D eigenvalue weighted by Gasteiger charge is 2.14. The molecule has 0 aliphatic heterocycles. The average molecular weight is 248 g/mol. The number of rotatable bonds is 1. The number of benzene rings is 1. The van der Waals surface area contributed by atoms with Gasteiger partial charge in [-0.05, 0) is 30.0 Å². The van der Waals surface area contributed by atoms with Crippen LogP contribution in [0.1, 0.15) is 5.56 Å². The van der Waals surface area contributed by atoms with Crippen molar-refractivity contribution in [2.75, 3.05) is 5.73 Å². The molecule has 86 valence electrons. The molecule has 0 unspecified atom stereocenters. The van der Waals surface area contributed by atoms with Crippen molar-refractivity contribution in [3.63, 3.8) is 0 Å². The van der Waals surface area contributed by atoms with Crippen LogP contribution in [-0.4, -0.2) is 4.98 Å². The summed E-state index contributed by atoms with van der Waals surface area (Å²) < 4.78 is 18.5. The average Bonchev–Trinajstić information content (AvgIpc) is 2.83. The third-order valence-electron chi connectivity index (χ3n) is 2.57. The number of hydrogen-bond acceptors (Lipinski definition) is 4. The van der Waals surface area contributed by atoms with E-state index in [1.807, 2.05) is 12.3 Å². The summed E-state index contributed by atoms with van der Waals surface area (Å²) in [5, 5.41) is 1.94. The molecule has 1 aromatic carbocycles. The number of aryl methyl sites for hydroxylation is 1. The number of anilines is 1. The van der Waals surface area contributed by atoms with Gasteiger partial charge >= 0.3 is 0 Å². The number of aromatic nitrogens is 1. The van der Waals surface area contributed by atoms with Gasteiger partial charge in [0.15, 0.2) is 5.58 Å². The maximum atomic E-state index is 13.0. The number of fused-ring (bicyclic) bond motifs is 1. The number of hydrogen-bond donors (Lipinski definition) is 1. The predicted octanol–water partition coefficient (Wildman–Crippen LogP) is 3.59. The zero-order chi connectivity index (χ0) is 12.0. The maximum absolute atomic E-state index is 13.0. The van der Waals surface area contributed by atoms with Crippen LogP contribution in [0, 0.1) is 12.7 Å². The molecule has 3 rings (SSSR count). The molecule has 5 heteroatoms. The summed E-state index contributed by atoms with van der Waals surface area (Å²) >= 11 is 1.47. The summed E-state index contributed by atoms with van der Waals surface area (Å²) in [6.07, 6.45) is 0. The lowest BCUT2D eigenvalue weighted by Crippen LogP contribution is -1.86. The number of nitrogens with zero attached hydrogens (tertiary/aromatic N) is 1. The molecule has 0 saturated carbocycles. The fourth-order valence-electron chi connectivity index (χ4n) is 1.61. The van der Waals surface area contributed by atoms with E-state index in [0.717, 1.165) is 10.4 Å². The van der Waals surface area contributed by atoms with Crippen molar-refractivity contribution in [3.8, 4) is 10.8 Å². The second-order valence-electron chi connectivity index (χ2n) is 3.79. The van der Waals surface area contributed by atoms with Gasteiger partial charge in [-0.3, -0.25) is 0 Å². The van der Waals surface area contributed by atoms with Gasteiger partial charge in [0.05, 0.1) is 5.69 Å². The van der Waals surface area contributed by atoms with Crippen molar-refractivity contribution in [2.24, 2.45) is 0 Å². The molecular weight excluding hydrogens is 239 g/mol. The highest BCUT2D eigenvalue weighted by molar-refractivity contribution is 7.14. The molecular formula is C12H9FN2OS. The Morgan fingerprint density at radius 1 is 1.41 bits per heavy atom. The Balaban J connectivity index is 2.21. The second kappa shape index (κ2) is 3.56. The van der Waals surface area contributed by atoms with E-state index in [1.54, 1.807) is 6.07 Å². The topological polar surface area (TPSA) is 52.0 Å². The zero-order valence-electron chi connectivity index (χ0n) is 9.03. The van der Waals surface area contributed by atoms with Gasteiger partial charge in [-0.15, -0.1) is 11.3 Å².